The van der Waals surface area contributed by atoms with E-state index in [9.17, 15) is 4.39 Å². The lowest BCUT2D eigenvalue weighted by atomic mass is 10.2. The molecule has 0 spiro atoms. The van der Waals surface area contributed by atoms with Gasteiger partial charge in [-0.2, -0.15) is 0 Å². The standard InChI is InChI=1S/C13H15FN2O/c1-3-13-15-6-7-16(13)9-10-4-5-11(17-2)8-12(10)14/h4-8H,3,9H2,1-2H3. The molecule has 1 aromatic carbocycles. The van der Waals surface area contributed by atoms with Crippen molar-refractivity contribution in [3.8, 4) is 5.75 Å². The lowest BCUT2D eigenvalue weighted by molar-refractivity contribution is 0.410. The predicted molar refractivity (Wildman–Crippen MR) is 63.7 cm³/mol. The number of ether oxygens (including phenoxy) is 1. The molecule has 0 aliphatic heterocycles. The second-order valence-electron chi connectivity index (χ2n) is 3.78. The molecule has 0 saturated heterocycles. The highest BCUT2D eigenvalue weighted by Crippen LogP contribution is 2.17. The number of hydrogen-bond donors (Lipinski definition) is 0. The van der Waals surface area contributed by atoms with Crippen LogP contribution < -0.4 is 4.74 Å². The third-order valence-electron chi connectivity index (χ3n) is 2.72. The van der Waals surface area contributed by atoms with Crippen molar-refractivity contribution in [3.05, 3.63) is 47.8 Å². The van der Waals surface area contributed by atoms with Crippen LogP contribution in [0.15, 0.2) is 30.6 Å². The van der Waals surface area contributed by atoms with Gasteiger partial charge in [0.25, 0.3) is 0 Å². The van der Waals surface area contributed by atoms with Crippen molar-refractivity contribution in [1.82, 2.24) is 9.55 Å². The zero-order valence-electron chi connectivity index (χ0n) is 9.98. The summed E-state index contributed by atoms with van der Waals surface area (Å²) in [7, 11) is 1.53. The molecule has 0 radical (unpaired) electrons. The van der Waals surface area contributed by atoms with Crippen molar-refractivity contribution in [3.63, 3.8) is 0 Å². The van der Waals surface area contributed by atoms with Gasteiger partial charge in [0, 0.05) is 30.4 Å². The highest BCUT2D eigenvalue weighted by Gasteiger charge is 2.07. The van der Waals surface area contributed by atoms with Gasteiger partial charge in [-0.1, -0.05) is 13.0 Å². The first-order valence-corrected chi connectivity index (χ1v) is 5.57. The minimum atomic E-state index is -0.250. The largest absolute Gasteiger partial charge is 0.497 e. The fourth-order valence-electron chi connectivity index (χ4n) is 1.77. The van der Waals surface area contributed by atoms with E-state index in [1.165, 1.54) is 13.2 Å². The molecule has 1 aromatic heterocycles. The lowest BCUT2D eigenvalue weighted by Crippen LogP contribution is -2.05. The topological polar surface area (TPSA) is 27.1 Å². The van der Waals surface area contributed by atoms with E-state index in [1.54, 1.807) is 18.3 Å². The summed E-state index contributed by atoms with van der Waals surface area (Å²) in [6.45, 7) is 2.53. The van der Waals surface area contributed by atoms with Crippen molar-refractivity contribution < 1.29 is 9.13 Å². The van der Waals surface area contributed by atoms with E-state index in [0.717, 1.165) is 12.2 Å². The van der Waals surface area contributed by atoms with E-state index in [2.05, 4.69) is 4.98 Å². The summed E-state index contributed by atoms with van der Waals surface area (Å²) in [5, 5.41) is 0. The Balaban J connectivity index is 2.24. The van der Waals surface area contributed by atoms with Crippen molar-refractivity contribution in [2.24, 2.45) is 0 Å². The second kappa shape index (κ2) is 4.99. The van der Waals surface area contributed by atoms with E-state index in [1.807, 2.05) is 17.7 Å². The molecule has 0 amide bonds. The molecule has 2 aromatic rings. The van der Waals surface area contributed by atoms with E-state index >= 15 is 0 Å². The summed E-state index contributed by atoms with van der Waals surface area (Å²) in [6.07, 6.45) is 4.44. The first-order chi connectivity index (χ1) is 8.24. The molecule has 2 rings (SSSR count). The number of aryl methyl sites for hydroxylation is 1. The highest BCUT2D eigenvalue weighted by atomic mass is 19.1. The minimum absolute atomic E-state index is 0.250. The lowest BCUT2D eigenvalue weighted by Gasteiger charge is -2.08. The monoisotopic (exact) mass is 234 g/mol. The number of methoxy groups -OCH3 is 1. The van der Waals surface area contributed by atoms with Crippen molar-refractivity contribution >= 4 is 0 Å². The van der Waals surface area contributed by atoms with Crippen LogP contribution in [0, 0.1) is 5.82 Å². The fourth-order valence-corrected chi connectivity index (χ4v) is 1.77. The van der Waals surface area contributed by atoms with Crippen molar-refractivity contribution in [2.75, 3.05) is 7.11 Å². The Morgan fingerprint density at radius 3 is 2.88 bits per heavy atom. The van der Waals surface area contributed by atoms with Gasteiger partial charge in [0.05, 0.1) is 13.7 Å². The van der Waals surface area contributed by atoms with Gasteiger partial charge in [0.15, 0.2) is 0 Å². The first-order valence-electron chi connectivity index (χ1n) is 5.57. The van der Waals surface area contributed by atoms with Gasteiger partial charge < -0.3 is 9.30 Å². The smallest absolute Gasteiger partial charge is 0.131 e. The molecule has 17 heavy (non-hydrogen) atoms. The summed E-state index contributed by atoms with van der Waals surface area (Å²) in [5.74, 6) is 1.24. The molecule has 3 nitrogen and oxygen atoms in total. The van der Waals surface area contributed by atoms with E-state index in [0.29, 0.717) is 17.9 Å². The summed E-state index contributed by atoms with van der Waals surface area (Å²) in [4.78, 5) is 4.21. The normalized spacial score (nSPS) is 10.5. The van der Waals surface area contributed by atoms with Crippen LogP contribution >= 0.6 is 0 Å². The Hall–Kier alpha value is -1.84. The molecule has 0 fully saturated rings. The number of halogens is 1. The minimum Gasteiger partial charge on any atom is -0.497 e. The molecule has 4 heteroatoms. The number of rotatable bonds is 4. The fraction of sp³-hybridized carbons (Fsp3) is 0.308. The molecule has 0 saturated carbocycles. The van der Waals surface area contributed by atoms with Crippen LogP contribution in [0.1, 0.15) is 18.3 Å². The molecule has 1 heterocycles. The number of nitrogens with zero attached hydrogens (tertiary/aromatic N) is 2. The first kappa shape index (κ1) is 11.6. The van der Waals surface area contributed by atoms with Crippen LogP contribution in [0.25, 0.3) is 0 Å². The van der Waals surface area contributed by atoms with Gasteiger partial charge in [-0.15, -0.1) is 0 Å². The Morgan fingerprint density at radius 1 is 1.41 bits per heavy atom. The molecule has 0 N–H and O–H groups in total. The SMILES string of the molecule is CCc1nccn1Cc1ccc(OC)cc1F. The third kappa shape index (κ3) is 2.46. The van der Waals surface area contributed by atoms with E-state index in [4.69, 9.17) is 4.74 Å². The van der Waals surface area contributed by atoms with Crippen LogP contribution in [0.5, 0.6) is 5.75 Å². The molecule has 0 unspecified atom stereocenters. The molecular weight excluding hydrogens is 219 g/mol. The third-order valence-corrected chi connectivity index (χ3v) is 2.72. The maximum absolute atomic E-state index is 13.8. The molecule has 90 valence electrons. The quantitative estimate of drug-likeness (QED) is 0.813. The van der Waals surface area contributed by atoms with Crippen molar-refractivity contribution in [1.29, 1.82) is 0 Å². The molecule has 0 aliphatic carbocycles. The second-order valence-corrected chi connectivity index (χ2v) is 3.78. The van der Waals surface area contributed by atoms with Gasteiger partial charge in [0.1, 0.15) is 17.4 Å². The average Bonchev–Trinajstić information content (AvgIpc) is 2.79. The number of benzene rings is 1. The molecule has 0 bridgehead atoms. The summed E-state index contributed by atoms with van der Waals surface area (Å²) >= 11 is 0. The van der Waals surface area contributed by atoms with Gasteiger partial charge >= 0.3 is 0 Å². The maximum Gasteiger partial charge on any atom is 0.131 e. The van der Waals surface area contributed by atoms with Gasteiger partial charge in [-0.25, -0.2) is 9.37 Å². The van der Waals surface area contributed by atoms with E-state index in [-0.39, 0.29) is 5.82 Å². The zero-order valence-corrected chi connectivity index (χ0v) is 9.98. The van der Waals surface area contributed by atoms with E-state index < -0.39 is 0 Å². The summed E-state index contributed by atoms with van der Waals surface area (Å²) in [5.41, 5.74) is 0.638. The van der Waals surface area contributed by atoms with Crippen LogP contribution in [0.2, 0.25) is 0 Å². The Kier molecular flexibility index (Phi) is 3.42. The number of imidazole rings is 1. The Bertz CT molecular complexity index is 508. The van der Waals surface area contributed by atoms with Gasteiger partial charge in [0.2, 0.25) is 0 Å². The highest BCUT2D eigenvalue weighted by molar-refractivity contribution is 5.29. The van der Waals surface area contributed by atoms with Crippen LogP contribution in [0.4, 0.5) is 4.39 Å². The van der Waals surface area contributed by atoms with Crippen LogP contribution in [-0.4, -0.2) is 16.7 Å². The maximum atomic E-state index is 13.8. The zero-order chi connectivity index (χ0) is 12.3. The number of hydrogen-bond acceptors (Lipinski definition) is 2. The molecule has 0 aliphatic rings. The molecular formula is C13H15FN2O. The Morgan fingerprint density at radius 2 is 2.24 bits per heavy atom. The van der Waals surface area contributed by atoms with Crippen LogP contribution in [-0.2, 0) is 13.0 Å². The van der Waals surface area contributed by atoms with Gasteiger partial charge in [-0.3, -0.25) is 0 Å². The predicted octanol–water partition coefficient (Wildman–Crippen LogP) is 2.64. The van der Waals surface area contributed by atoms with Gasteiger partial charge in [-0.05, 0) is 6.07 Å². The summed E-state index contributed by atoms with van der Waals surface area (Å²) < 4.78 is 20.7. The average molecular weight is 234 g/mol. The van der Waals surface area contributed by atoms with Crippen molar-refractivity contribution in [2.45, 2.75) is 19.9 Å². The Labute approximate surface area is 99.9 Å². The number of aromatic nitrogens is 2. The molecule has 0 atom stereocenters. The summed E-state index contributed by atoms with van der Waals surface area (Å²) in [6, 6.07) is 4.91. The van der Waals surface area contributed by atoms with Crippen LogP contribution in [0.3, 0.4) is 0 Å².